The molecule has 0 aromatic heterocycles. The Morgan fingerprint density at radius 1 is 1.38 bits per heavy atom. The molecule has 1 aliphatic heterocycles. The summed E-state index contributed by atoms with van der Waals surface area (Å²) >= 11 is 0. The SMILES string of the molecule is COc1ccc(C2CN(C(=O)O)CC2(C)C(O)CO)cc1OCC1CC1. The van der Waals surface area contributed by atoms with Crippen molar-refractivity contribution in [2.24, 2.45) is 11.3 Å². The fraction of sp³-hybridized carbons (Fsp3) is 0.632. The average Bonchev–Trinajstić information content (AvgIpc) is 3.39. The molecule has 7 heteroatoms. The van der Waals surface area contributed by atoms with Crippen LogP contribution < -0.4 is 9.47 Å². The number of ether oxygens (including phenoxy) is 2. The molecule has 1 aromatic rings. The average molecular weight is 365 g/mol. The van der Waals surface area contributed by atoms with E-state index in [-0.39, 0.29) is 19.0 Å². The van der Waals surface area contributed by atoms with Crippen molar-refractivity contribution < 1.29 is 29.6 Å². The number of aliphatic hydroxyl groups is 2. The Labute approximate surface area is 153 Å². The monoisotopic (exact) mass is 365 g/mol. The fourth-order valence-corrected chi connectivity index (χ4v) is 3.71. The Hall–Kier alpha value is -1.99. The van der Waals surface area contributed by atoms with Crippen molar-refractivity contribution in [2.45, 2.75) is 31.8 Å². The molecule has 0 spiro atoms. The zero-order chi connectivity index (χ0) is 18.9. The van der Waals surface area contributed by atoms with Crippen molar-refractivity contribution in [2.75, 3.05) is 33.4 Å². The van der Waals surface area contributed by atoms with Gasteiger partial charge < -0.3 is 29.7 Å². The van der Waals surface area contributed by atoms with Gasteiger partial charge in [0.15, 0.2) is 11.5 Å². The quantitative estimate of drug-likeness (QED) is 0.683. The number of aliphatic hydroxyl groups excluding tert-OH is 2. The first kappa shape index (κ1) is 18.8. The van der Waals surface area contributed by atoms with Crippen LogP contribution in [0.15, 0.2) is 18.2 Å². The molecule has 1 aliphatic carbocycles. The Morgan fingerprint density at radius 2 is 2.12 bits per heavy atom. The molecule has 3 N–H and O–H groups in total. The Morgan fingerprint density at radius 3 is 2.69 bits per heavy atom. The normalized spacial score (nSPS) is 26.6. The molecule has 7 nitrogen and oxygen atoms in total. The lowest BCUT2D eigenvalue weighted by molar-refractivity contribution is -0.00817. The van der Waals surface area contributed by atoms with Crippen molar-refractivity contribution in [1.82, 2.24) is 4.90 Å². The van der Waals surface area contributed by atoms with Crippen molar-refractivity contribution in [3.8, 4) is 11.5 Å². The van der Waals surface area contributed by atoms with E-state index < -0.39 is 24.2 Å². The molecule has 2 fully saturated rings. The van der Waals surface area contributed by atoms with Gasteiger partial charge in [0.25, 0.3) is 0 Å². The zero-order valence-electron chi connectivity index (χ0n) is 15.2. The summed E-state index contributed by atoms with van der Waals surface area (Å²) in [5.74, 6) is 1.60. The first-order chi connectivity index (χ1) is 12.4. The Balaban J connectivity index is 1.91. The second kappa shape index (κ2) is 7.32. The number of methoxy groups -OCH3 is 1. The molecule has 1 heterocycles. The Bertz CT molecular complexity index is 661. The summed E-state index contributed by atoms with van der Waals surface area (Å²) < 4.78 is 11.3. The van der Waals surface area contributed by atoms with Crippen LogP contribution in [0.4, 0.5) is 4.79 Å². The van der Waals surface area contributed by atoms with Gasteiger partial charge in [-0.25, -0.2) is 4.79 Å². The molecule has 3 unspecified atom stereocenters. The van der Waals surface area contributed by atoms with E-state index in [2.05, 4.69) is 0 Å². The van der Waals surface area contributed by atoms with Gasteiger partial charge in [0.1, 0.15) is 0 Å². The van der Waals surface area contributed by atoms with Crippen molar-refractivity contribution in [1.29, 1.82) is 0 Å². The highest BCUT2D eigenvalue weighted by atomic mass is 16.5. The molecule has 3 atom stereocenters. The van der Waals surface area contributed by atoms with E-state index in [1.54, 1.807) is 7.11 Å². The summed E-state index contributed by atoms with van der Waals surface area (Å²) in [5, 5.41) is 29.2. The van der Waals surface area contributed by atoms with Gasteiger partial charge in [0.05, 0.1) is 26.4 Å². The van der Waals surface area contributed by atoms with Gasteiger partial charge in [0.2, 0.25) is 0 Å². The van der Waals surface area contributed by atoms with E-state index in [9.17, 15) is 20.1 Å². The third-order valence-electron chi connectivity index (χ3n) is 5.70. The van der Waals surface area contributed by atoms with Crippen LogP contribution in [0.3, 0.4) is 0 Å². The van der Waals surface area contributed by atoms with Crippen molar-refractivity contribution in [3.63, 3.8) is 0 Å². The second-order valence-corrected chi connectivity index (χ2v) is 7.58. The first-order valence-corrected chi connectivity index (χ1v) is 8.96. The van der Waals surface area contributed by atoms with E-state index in [4.69, 9.17) is 9.47 Å². The highest BCUT2D eigenvalue weighted by Crippen LogP contribution is 2.47. The lowest BCUT2D eigenvalue weighted by Crippen LogP contribution is -2.41. The van der Waals surface area contributed by atoms with Gasteiger partial charge >= 0.3 is 6.09 Å². The number of rotatable bonds is 7. The molecule has 0 radical (unpaired) electrons. The molecule has 3 rings (SSSR count). The van der Waals surface area contributed by atoms with Crippen LogP contribution >= 0.6 is 0 Å². The summed E-state index contributed by atoms with van der Waals surface area (Å²) in [6.07, 6.45) is 0.315. The molecule has 1 aromatic carbocycles. The van der Waals surface area contributed by atoms with E-state index in [1.165, 1.54) is 17.7 Å². The van der Waals surface area contributed by atoms with Gasteiger partial charge in [-0.05, 0) is 36.5 Å². The number of hydrogen-bond donors (Lipinski definition) is 3. The maximum atomic E-state index is 11.5. The molecule has 26 heavy (non-hydrogen) atoms. The van der Waals surface area contributed by atoms with E-state index >= 15 is 0 Å². The lowest BCUT2D eigenvalue weighted by atomic mass is 9.72. The second-order valence-electron chi connectivity index (χ2n) is 7.58. The topological polar surface area (TPSA) is 99.5 Å². The summed E-state index contributed by atoms with van der Waals surface area (Å²) in [5.41, 5.74) is 0.0884. The molecule has 1 saturated heterocycles. The number of amides is 1. The van der Waals surface area contributed by atoms with Gasteiger partial charge in [-0.3, -0.25) is 0 Å². The number of benzene rings is 1. The van der Waals surface area contributed by atoms with Gasteiger partial charge in [0, 0.05) is 24.4 Å². The lowest BCUT2D eigenvalue weighted by Gasteiger charge is -2.34. The zero-order valence-corrected chi connectivity index (χ0v) is 15.2. The van der Waals surface area contributed by atoms with Crippen molar-refractivity contribution in [3.05, 3.63) is 23.8 Å². The third kappa shape index (κ3) is 3.59. The highest BCUT2D eigenvalue weighted by molar-refractivity contribution is 5.66. The maximum absolute atomic E-state index is 11.5. The third-order valence-corrected chi connectivity index (χ3v) is 5.70. The van der Waals surface area contributed by atoms with Crippen LogP contribution in [-0.2, 0) is 0 Å². The molecule has 0 bridgehead atoms. The fourth-order valence-electron chi connectivity index (χ4n) is 3.71. The minimum atomic E-state index is -1.03. The van der Waals surface area contributed by atoms with Crippen LogP contribution in [0.5, 0.6) is 11.5 Å². The van der Waals surface area contributed by atoms with Gasteiger partial charge in [-0.15, -0.1) is 0 Å². The standard InChI is InChI=1S/C19H27NO6/c1-19(17(22)9-21)11-20(18(23)24)8-14(19)13-5-6-15(25-2)16(7-13)26-10-12-3-4-12/h5-7,12,14,17,21-22H,3-4,8-11H2,1-2H3,(H,23,24). The van der Waals surface area contributed by atoms with E-state index in [1.807, 2.05) is 25.1 Å². The predicted molar refractivity (Wildman–Crippen MR) is 94.8 cm³/mol. The number of hydrogen-bond acceptors (Lipinski definition) is 5. The van der Waals surface area contributed by atoms with Crippen LogP contribution in [0.2, 0.25) is 0 Å². The van der Waals surface area contributed by atoms with Crippen molar-refractivity contribution >= 4 is 6.09 Å². The number of likely N-dealkylation sites (tertiary alicyclic amines) is 1. The molecule has 1 amide bonds. The van der Waals surface area contributed by atoms with Crippen LogP contribution in [0.1, 0.15) is 31.2 Å². The smallest absolute Gasteiger partial charge is 0.407 e. The van der Waals surface area contributed by atoms with E-state index in [0.717, 1.165) is 5.56 Å². The molecule has 1 saturated carbocycles. The number of nitrogens with zero attached hydrogens (tertiary/aromatic N) is 1. The summed E-state index contributed by atoms with van der Waals surface area (Å²) in [6, 6.07) is 5.56. The highest BCUT2D eigenvalue weighted by Gasteiger charge is 2.49. The minimum absolute atomic E-state index is 0.166. The van der Waals surface area contributed by atoms with Crippen LogP contribution in [0, 0.1) is 11.3 Å². The largest absolute Gasteiger partial charge is 0.493 e. The molecular formula is C19H27NO6. The van der Waals surface area contributed by atoms with Gasteiger partial charge in [-0.1, -0.05) is 13.0 Å². The predicted octanol–water partition coefficient (Wildman–Crippen LogP) is 1.92. The summed E-state index contributed by atoms with van der Waals surface area (Å²) in [7, 11) is 1.58. The summed E-state index contributed by atoms with van der Waals surface area (Å²) in [6.45, 7) is 2.47. The molecule has 2 aliphatic rings. The molecular weight excluding hydrogens is 338 g/mol. The van der Waals surface area contributed by atoms with Crippen LogP contribution in [-0.4, -0.2) is 65.8 Å². The number of carboxylic acid groups (broad SMARTS) is 1. The van der Waals surface area contributed by atoms with Crippen LogP contribution in [0.25, 0.3) is 0 Å². The van der Waals surface area contributed by atoms with E-state index in [0.29, 0.717) is 24.0 Å². The molecule has 144 valence electrons. The number of carbonyl (C=O) groups is 1. The Kier molecular flexibility index (Phi) is 5.29. The first-order valence-electron chi connectivity index (χ1n) is 8.96. The summed E-state index contributed by atoms with van der Waals surface area (Å²) in [4.78, 5) is 12.8. The van der Waals surface area contributed by atoms with Gasteiger partial charge in [-0.2, -0.15) is 0 Å². The minimum Gasteiger partial charge on any atom is -0.493 e. The maximum Gasteiger partial charge on any atom is 0.407 e.